The van der Waals surface area contributed by atoms with Gasteiger partial charge in [-0.3, -0.25) is 14.4 Å². The molecule has 5 rings (SSSR count). The van der Waals surface area contributed by atoms with Gasteiger partial charge in [0.1, 0.15) is 16.5 Å². The number of rotatable bonds is 14. The molecule has 14 nitrogen and oxygen atoms in total. The lowest BCUT2D eigenvalue weighted by Gasteiger charge is -2.43. The first kappa shape index (κ1) is 36.2. The molecule has 0 atom stereocenters. The third kappa shape index (κ3) is 9.56. The van der Waals surface area contributed by atoms with Gasteiger partial charge in [0.15, 0.2) is 5.82 Å². The van der Waals surface area contributed by atoms with Crippen molar-refractivity contribution in [1.82, 2.24) is 19.8 Å². The second-order valence-corrected chi connectivity index (χ2v) is 14.4. The molecule has 0 unspecified atom stereocenters. The predicted octanol–water partition coefficient (Wildman–Crippen LogP) is 4.63. The summed E-state index contributed by atoms with van der Waals surface area (Å²) in [5, 5.41) is 15.6. The van der Waals surface area contributed by atoms with Gasteiger partial charge in [0, 0.05) is 69.7 Å². The predicted molar refractivity (Wildman–Crippen MR) is 193 cm³/mol. The van der Waals surface area contributed by atoms with Gasteiger partial charge >= 0.3 is 5.97 Å². The molecular formula is C33H45ClN8O6S. The number of hydrogen-bond acceptors (Lipinski definition) is 12. The summed E-state index contributed by atoms with van der Waals surface area (Å²) >= 11 is 6.46. The molecule has 0 amide bonds. The third-order valence-corrected chi connectivity index (χ3v) is 9.79. The maximum Gasteiger partial charge on any atom is 0.304 e. The van der Waals surface area contributed by atoms with E-state index in [-0.39, 0.29) is 28.9 Å². The quantitative estimate of drug-likeness (QED) is 0.183. The minimum absolute atomic E-state index is 0.194. The maximum absolute atomic E-state index is 12.0. The highest BCUT2D eigenvalue weighted by Crippen LogP contribution is 2.38. The first-order valence-corrected chi connectivity index (χ1v) is 18.6. The van der Waals surface area contributed by atoms with Crippen molar-refractivity contribution in [3.8, 4) is 11.5 Å². The minimum atomic E-state index is -3.58. The van der Waals surface area contributed by atoms with Crippen LogP contribution in [-0.2, 0) is 21.2 Å². The number of piperazine rings is 1. The molecule has 266 valence electrons. The van der Waals surface area contributed by atoms with Crippen LogP contribution in [0.1, 0.15) is 31.7 Å². The fourth-order valence-electron chi connectivity index (χ4n) is 6.34. The molecule has 4 N–H and O–H groups in total. The smallest absolute Gasteiger partial charge is 0.304 e. The monoisotopic (exact) mass is 716 g/mol. The molecular weight excluding hydrogens is 672 g/mol. The molecule has 0 spiro atoms. The van der Waals surface area contributed by atoms with E-state index in [1.54, 1.807) is 25.3 Å². The van der Waals surface area contributed by atoms with Gasteiger partial charge in [-0.2, -0.15) is 4.98 Å². The molecule has 2 aliphatic heterocycles. The number of benzene rings is 2. The number of sulfonamides is 1. The van der Waals surface area contributed by atoms with Crippen LogP contribution in [0.2, 0.25) is 5.02 Å². The van der Waals surface area contributed by atoms with E-state index in [0.29, 0.717) is 35.5 Å². The Morgan fingerprint density at radius 2 is 1.73 bits per heavy atom. The summed E-state index contributed by atoms with van der Waals surface area (Å²) in [6.07, 6.45) is 5.66. The number of aromatic nitrogens is 2. The topological polar surface area (TPSA) is 161 Å². The summed E-state index contributed by atoms with van der Waals surface area (Å²) in [7, 11) is -0.445. The Labute approximate surface area is 292 Å². The van der Waals surface area contributed by atoms with Crippen LogP contribution in [0.5, 0.6) is 11.5 Å². The third-order valence-electron chi connectivity index (χ3n) is 8.92. The summed E-state index contributed by atoms with van der Waals surface area (Å²) in [5.41, 5.74) is 3.71. The van der Waals surface area contributed by atoms with Gasteiger partial charge in [-0.25, -0.2) is 13.4 Å². The Bertz CT molecular complexity index is 1730. The second-order valence-electron chi connectivity index (χ2n) is 12.2. The highest BCUT2D eigenvalue weighted by Gasteiger charge is 2.29. The van der Waals surface area contributed by atoms with E-state index in [9.17, 15) is 13.2 Å². The van der Waals surface area contributed by atoms with Gasteiger partial charge in [0.05, 0.1) is 50.2 Å². The molecule has 1 aromatic heterocycles. The number of ether oxygens (including phenoxy) is 2. The molecule has 16 heteroatoms. The van der Waals surface area contributed by atoms with Crippen molar-refractivity contribution in [2.24, 2.45) is 0 Å². The number of aryl methyl sites for hydroxylation is 1. The Morgan fingerprint density at radius 1 is 1.00 bits per heavy atom. The molecule has 3 heterocycles. The van der Waals surface area contributed by atoms with Crippen molar-refractivity contribution in [3.63, 3.8) is 0 Å². The number of carbonyl (C=O) groups is 1. The highest BCUT2D eigenvalue weighted by atomic mass is 35.5. The summed E-state index contributed by atoms with van der Waals surface area (Å²) in [6, 6.07) is 9.58. The molecule has 0 saturated carbocycles. The molecule has 49 heavy (non-hydrogen) atoms. The Kier molecular flexibility index (Phi) is 11.9. The van der Waals surface area contributed by atoms with Crippen molar-refractivity contribution < 1.29 is 27.8 Å². The summed E-state index contributed by atoms with van der Waals surface area (Å²) in [5.74, 6) is 0.930. The average Bonchev–Trinajstić information content (AvgIpc) is 3.09. The number of halogens is 1. The molecule has 0 aliphatic carbocycles. The van der Waals surface area contributed by atoms with Crippen LogP contribution in [0.15, 0.2) is 36.5 Å². The molecule has 2 saturated heterocycles. The zero-order chi connectivity index (χ0) is 35.1. The fourth-order valence-corrected chi connectivity index (χ4v) is 7.05. The Balaban J connectivity index is 1.27. The van der Waals surface area contributed by atoms with Gasteiger partial charge in [-0.1, -0.05) is 18.5 Å². The largest absolute Gasteiger partial charge is 0.497 e. The van der Waals surface area contributed by atoms with Crippen LogP contribution in [0, 0.1) is 0 Å². The van der Waals surface area contributed by atoms with E-state index in [4.69, 9.17) is 26.2 Å². The van der Waals surface area contributed by atoms with Gasteiger partial charge in [-0.15, -0.1) is 0 Å². The van der Waals surface area contributed by atoms with Crippen molar-refractivity contribution in [2.45, 2.75) is 38.6 Å². The van der Waals surface area contributed by atoms with Crippen molar-refractivity contribution in [1.29, 1.82) is 0 Å². The van der Waals surface area contributed by atoms with Gasteiger partial charge < -0.3 is 35.0 Å². The molecule has 3 aromatic rings. The van der Waals surface area contributed by atoms with Crippen LogP contribution in [0.25, 0.3) is 0 Å². The number of carboxylic acid groups (broad SMARTS) is 1. The van der Waals surface area contributed by atoms with Crippen LogP contribution >= 0.6 is 11.6 Å². The summed E-state index contributed by atoms with van der Waals surface area (Å²) in [4.78, 5) is 27.2. The average molecular weight is 717 g/mol. The molecule has 2 aliphatic rings. The van der Waals surface area contributed by atoms with Gasteiger partial charge in [-0.05, 0) is 43.0 Å². The number of anilines is 6. The zero-order valence-corrected chi connectivity index (χ0v) is 29.9. The van der Waals surface area contributed by atoms with E-state index in [1.165, 1.54) is 13.3 Å². The van der Waals surface area contributed by atoms with E-state index >= 15 is 0 Å². The zero-order valence-electron chi connectivity index (χ0n) is 28.3. The van der Waals surface area contributed by atoms with Crippen molar-refractivity contribution in [3.05, 3.63) is 47.1 Å². The van der Waals surface area contributed by atoms with Crippen LogP contribution < -0.4 is 29.7 Å². The lowest BCUT2D eigenvalue weighted by Crippen LogP contribution is -2.53. The lowest BCUT2D eigenvalue weighted by molar-refractivity contribution is -0.137. The van der Waals surface area contributed by atoms with E-state index in [1.807, 2.05) is 0 Å². The first-order chi connectivity index (χ1) is 23.5. The van der Waals surface area contributed by atoms with Gasteiger partial charge in [0.2, 0.25) is 16.0 Å². The van der Waals surface area contributed by atoms with Crippen molar-refractivity contribution >= 4 is 62.1 Å². The number of hydrogen-bond donors (Lipinski definition) is 4. The van der Waals surface area contributed by atoms with Crippen LogP contribution in [0.3, 0.4) is 0 Å². The van der Waals surface area contributed by atoms with Gasteiger partial charge in [0.25, 0.3) is 0 Å². The minimum Gasteiger partial charge on any atom is -0.497 e. The van der Waals surface area contributed by atoms with Crippen LogP contribution in [-0.4, -0.2) is 112 Å². The highest BCUT2D eigenvalue weighted by molar-refractivity contribution is 7.92. The molecule has 0 bridgehead atoms. The van der Waals surface area contributed by atoms with E-state index < -0.39 is 16.0 Å². The van der Waals surface area contributed by atoms with E-state index in [2.05, 4.69) is 59.1 Å². The Morgan fingerprint density at radius 3 is 2.37 bits per heavy atom. The number of nitrogens with zero attached hydrogens (tertiary/aromatic N) is 5. The maximum atomic E-state index is 12.0. The summed E-state index contributed by atoms with van der Waals surface area (Å²) < 4.78 is 37.6. The number of methoxy groups -OCH3 is 2. The fraction of sp³-hybridized carbons (Fsp3) is 0.485. The molecule has 2 aromatic carbocycles. The number of piperidine rings is 1. The normalized spacial score (nSPS) is 16.3. The number of nitrogens with one attached hydrogen (secondary N) is 3. The summed E-state index contributed by atoms with van der Waals surface area (Å²) in [6.45, 7) is 8.39. The van der Waals surface area contributed by atoms with Crippen molar-refractivity contribution in [2.75, 3.05) is 86.5 Å². The molecule has 0 radical (unpaired) electrons. The first-order valence-electron chi connectivity index (χ1n) is 16.3. The Hall–Kier alpha value is -4.05. The molecule has 2 fully saturated rings. The number of aliphatic carboxylic acids is 1. The number of carboxylic acids is 1. The standard InChI is InChI=1S/C33H45ClN8O6S/c1-5-22-18-28(37-33-35-21-25(34)32(38-33)36-26-7-6-24(47-2)19-27(26)39-49(4,45)46)30(48-3)20-29(22)42-12-8-23(9-13-42)41-16-14-40(15-17-41)11-10-31(43)44/h6-7,18-21,23,39H,5,8-17H2,1-4H3,(H,43,44)(H2,35,36,37,38). The van der Waals surface area contributed by atoms with E-state index in [0.717, 1.165) is 76.0 Å². The lowest BCUT2D eigenvalue weighted by atomic mass is 9.99. The van der Waals surface area contributed by atoms with Crippen LogP contribution in [0.4, 0.5) is 34.5 Å². The SMILES string of the molecule is CCc1cc(Nc2ncc(Cl)c(Nc3ccc(OC)cc3NS(C)(=O)=O)n2)c(OC)cc1N1CCC(N2CCN(CCC(=O)O)CC2)CC1. The second kappa shape index (κ2) is 16.1.